The molecule has 1 aliphatic carbocycles. The third-order valence-corrected chi connectivity index (χ3v) is 7.26. The lowest BCUT2D eigenvalue weighted by molar-refractivity contribution is -0.140. The van der Waals surface area contributed by atoms with Crippen LogP contribution in [0.5, 0.6) is 11.5 Å². The number of imide groups is 1. The third-order valence-electron chi connectivity index (χ3n) is 7.26. The van der Waals surface area contributed by atoms with E-state index < -0.39 is 17.5 Å². The zero-order chi connectivity index (χ0) is 23.7. The summed E-state index contributed by atoms with van der Waals surface area (Å²) in [6.45, 7) is 2.20. The summed E-state index contributed by atoms with van der Waals surface area (Å²) in [6, 6.07) is 4.72. The highest BCUT2D eigenvalue weighted by Gasteiger charge is 2.52. The number of carbonyl (C=O) groups excluding carboxylic acids is 4. The molecule has 0 bridgehead atoms. The molecular formula is C24H30N4O6. The Hall–Kier alpha value is -3.14. The van der Waals surface area contributed by atoms with Gasteiger partial charge in [-0.3, -0.25) is 24.7 Å². The van der Waals surface area contributed by atoms with Gasteiger partial charge in [-0.05, 0) is 57.0 Å². The van der Waals surface area contributed by atoms with Gasteiger partial charge in [-0.25, -0.2) is 4.79 Å². The van der Waals surface area contributed by atoms with Crippen LogP contribution in [0.3, 0.4) is 0 Å². The van der Waals surface area contributed by atoms with E-state index in [0.717, 1.165) is 24.3 Å². The maximum Gasteiger partial charge on any atom is 0.344 e. The molecule has 3 fully saturated rings. The molecule has 182 valence electrons. The standard InChI is InChI=1S/C24H30N4O6/c29-20(26-28-22(31)24(25-23(28)32)8-2-1-3-9-24)15-27-10-6-16(7-11-27)21(30)17-4-5-18-19(14-17)34-13-12-33-18/h4-5,14,16H,1-3,6-13,15H2,(H,25,32)(H,26,29). The van der Waals surface area contributed by atoms with Gasteiger partial charge in [0.1, 0.15) is 18.8 Å². The van der Waals surface area contributed by atoms with E-state index in [4.69, 9.17) is 9.47 Å². The maximum atomic E-state index is 13.0. The molecule has 2 saturated heterocycles. The van der Waals surface area contributed by atoms with E-state index in [9.17, 15) is 19.2 Å². The summed E-state index contributed by atoms with van der Waals surface area (Å²) in [5, 5.41) is 3.62. The molecule has 3 heterocycles. The fourth-order valence-electron chi connectivity index (χ4n) is 5.36. The van der Waals surface area contributed by atoms with Crippen LogP contribution in [-0.4, -0.2) is 71.9 Å². The van der Waals surface area contributed by atoms with Crippen molar-refractivity contribution in [1.82, 2.24) is 20.7 Å². The Morgan fingerprint density at radius 2 is 1.74 bits per heavy atom. The summed E-state index contributed by atoms with van der Waals surface area (Å²) in [5.41, 5.74) is 2.23. The summed E-state index contributed by atoms with van der Waals surface area (Å²) >= 11 is 0. The molecular weight excluding hydrogens is 440 g/mol. The van der Waals surface area contributed by atoms with Crippen molar-refractivity contribution in [3.05, 3.63) is 23.8 Å². The predicted molar refractivity (Wildman–Crippen MR) is 120 cm³/mol. The number of nitrogens with zero attached hydrogens (tertiary/aromatic N) is 2. The number of hydrogen-bond donors (Lipinski definition) is 2. The van der Waals surface area contributed by atoms with Crippen molar-refractivity contribution in [3.63, 3.8) is 0 Å². The number of urea groups is 1. The van der Waals surface area contributed by atoms with Gasteiger partial charge in [0, 0.05) is 11.5 Å². The average molecular weight is 471 g/mol. The molecule has 1 spiro atoms. The van der Waals surface area contributed by atoms with E-state index in [1.807, 2.05) is 4.90 Å². The average Bonchev–Trinajstić information content (AvgIpc) is 3.07. The quantitative estimate of drug-likeness (QED) is 0.496. The highest BCUT2D eigenvalue weighted by Crippen LogP contribution is 2.34. The minimum Gasteiger partial charge on any atom is -0.486 e. The Morgan fingerprint density at radius 3 is 2.47 bits per heavy atom. The molecule has 4 amide bonds. The Labute approximate surface area is 197 Å². The number of piperidine rings is 1. The predicted octanol–water partition coefficient (Wildman–Crippen LogP) is 1.64. The van der Waals surface area contributed by atoms with E-state index in [1.54, 1.807) is 18.2 Å². The summed E-state index contributed by atoms with van der Waals surface area (Å²) < 4.78 is 11.1. The maximum absolute atomic E-state index is 13.0. The summed E-state index contributed by atoms with van der Waals surface area (Å²) in [5.74, 6) is 0.421. The third kappa shape index (κ3) is 4.34. The van der Waals surface area contributed by atoms with Gasteiger partial charge < -0.3 is 14.8 Å². The van der Waals surface area contributed by atoms with E-state index in [0.29, 0.717) is 69.0 Å². The molecule has 0 unspecified atom stereocenters. The van der Waals surface area contributed by atoms with Gasteiger partial charge in [0.05, 0.1) is 6.54 Å². The van der Waals surface area contributed by atoms with Gasteiger partial charge in [0.25, 0.3) is 11.8 Å². The second kappa shape index (κ2) is 9.25. The van der Waals surface area contributed by atoms with Crippen LogP contribution in [0.15, 0.2) is 18.2 Å². The number of hydrazine groups is 1. The summed E-state index contributed by atoms with van der Waals surface area (Å²) in [7, 11) is 0. The molecule has 10 nitrogen and oxygen atoms in total. The molecule has 34 heavy (non-hydrogen) atoms. The largest absolute Gasteiger partial charge is 0.486 e. The zero-order valence-electron chi connectivity index (χ0n) is 19.1. The highest BCUT2D eigenvalue weighted by molar-refractivity contribution is 6.08. The molecule has 0 aromatic heterocycles. The molecule has 1 saturated carbocycles. The van der Waals surface area contributed by atoms with E-state index in [1.165, 1.54) is 0 Å². The topological polar surface area (TPSA) is 117 Å². The van der Waals surface area contributed by atoms with Crippen LogP contribution in [0.2, 0.25) is 0 Å². The van der Waals surface area contributed by atoms with Crippen LogP contribution in [-0.2, 0) is 9.59 Å². The Bertz CT molecular complexity index is 997. The molecule has 1 aromatic carbocycles. The molecule has 5 rings (SSSR count). The number of carbonyl (C=O) groups is 4. The van der Waals surface area contributed by atoms with Crippen LogP contribution in [0.4, 0.5) is 4.79 Å². The van der Waals surface area contributed by atoms with Crippen molar-refractivity contribution < 1.29 is 28.7 Å². The molecule has 0 radical (unpaired) electrons. The number of amides is 4. The summed E-state index contributed by atoms with van der Waals surface area (Å²) in [4.78, 5) is 52.7. The first-order valence-electron chi connectivity index (χ1n) is 12.1. The van der Waals surface area contributed by atoms with E-state index in [2.05, 4.69) is 10.7 Å². The second-order valence-corrected chi connectivity index (χ2v) is 9.52. The Kier molecular flexibility index (Phi) is 6.16. The number of fused-ring (bicyclic) bond motifs is 1. The number of benzene rings is 1. The number of ether oxygens (including phenoxy) is 2. The van der Waals surface area contributed by atoms with Gasteiger partial charge in [-0.1, -0.05) is 19.3 Å². The minimum atomic E-state index is -0.866. The number of nitrogens with one attached hydrogen (secondary N) is 2. The Balaban J connectivity index is 1.12. The van der Waals surface area contributed by atoms with Crippen LogP contribution in [0.1, 0.15) is 55.3 Å². The lowest BCUT2D eigenvalue weighted by Crippen LogP contribution is -2.53. The summed E-state index contributed by atoms with van der Waals surface area (Å²) in [6.07, 6.45) is 5.29. The van der Waals surface area contributed by atoms with Gasteiger partial charge in [-0.15, -0.1) is 0 Å². The minimum absolute atomic E-state index is 0.0645. The molecule has 2 N–H and O–H groups in total. The molecule has 1 aromatic rings. The first kappa shape index (κ1) is 22.6. The van der Waals surface area contributed by atoms with Gasteiger partial charge >= 0.3 is 6.03 Å². The van der Waals surface area contributed by atoms with Crippen molar-refractivity contribution in [2.75, 3.05) is 32.8 Å². The first-order valence-corrected chi connectivity index (χ1v) is 12.1. The lowest BCUT2D eigenvalue weighted by Gasteiger charge is -2.31. The molecule has 0 atom stereocenters. The SMILES string of the molecule is O=C(CN1CCC(C(=O)c2ccc3c(c2)OCCO3)CC1)NN1C(=O)NC2(CCCCC2)C1=O. The van der Waals surface area contributed by atoms with Crippen molar-refractivity contribution in [3.8, 4) is 11.5 Å². The fraction of sp³-hybridized carbons (Fsp3) is 0.583. The molecule has 3 aliphatic heterocycles. The van der Waals surface area contributed by atoms with Crippen LogP contribution in [0.25, 0.3) is 0 Å². The van der Waals surface area contributed by atoms with Gasteiger partial charge in [0.15, 0.2) is 17.3 Å². The van der Waals surface area contributed by atoms with Crippen LogP contribution in [0, 0.1) is 5.92 Å². The zero-order valence-corrected chi connectivity index (χ0v) is 19.1. The highest BCUT2D eigenvalue weighted by atomic mass is 16.6. The number of likely N-dealkylation sites (tertiary alicyclic amines) is 1. The normalized spacial score (nSPS) is 22.5. The number of rotatable bonds is 5. The van der Waals surface area contributed by atoms with E-state index >= 15 is 0 Å². The monoisotopic (exact) mass is 470 g/mol. The van der Waals surface area contributed by atoms with Crippen molar-refractivity contribution in [2.24, 2.45) is 5.92 Å². The van der Waals surface area contributed by atoms with Crippen LogP contribution >= 0.6 is 0 Å². The molecule has 4 aliphatic rings. The van der Waals surface area contributed by atoms with Crippen molar-refractivity contribution >= 4 is 23.6 Å². The van der Waals surface area contributed by atoms with Crippen LogP contribution < -0.4 is 20.2 Å². The lowest BCUT2D eigenvalue weighted by atomic mass is 9.82. The second-order valence-electron chi connectivity index (χ2n) is 9.52. The number of hydrogen-bond acceptors (Lipinski definition) is 7. The first-order chi connectivity index (χ1) is 16.4. The van der Waals surface area contributed by atoms with E-state index in [-0.39, 0.29) is 24.2 Å². The number of Topliss-reactive ketones (excluding diaryl/α,β-unsaturated/α-hetero) is 1. The molecule has 10 heteroatoms. The van der Waals surface area contributed by atoms with Gasteiger partial charge in [0.2, 0.25) is 0 Å². The number of ketones is 1. The Morgan fingerprint density at radius 1 is 1.03 bits per heavy atom. The van der Waals surface area contributed by atoms with Crippen molar-refractivity contribution in [1.29, 1.82) is 0 Å². The van der Waals surface area contributed by atoms with Crippen molar-refractivity contribution in [2.45, 2.75) is 50.5 Å². The smallest absolute Gasteiger partial charge is 0.344 e. The van der Waals surface area contributed by atoms with Gasteiger partial charge in [-0.2, -0.15) is 5.01 Å². The fourth-order valence-corrected chi connectivity index (χ4v) is 5.36.